The molecule has 1 aromatic rings. The predicted molar refractivity (Wildman–Crippen MR) is 179 cm³/mol. The topological polar surface area (TPSA) is 0 Å². The molecule has 1 aromatic carbocycles. The fraction of sp³-hybridized carbons (Fsp3) is 0.667. The Balaban J connectivity index is 0.00000152. The van der Waals surface area contributed by atoms with Crippen molar-refractivity contribution in [1.82, 2.24) is 0 Å². The van der Waals surface area contributed by atoms with Crippen molar-refractivity contribution in [2.24, 2.45) is 35.5 Å². The van der Waals surface area contributed by atoms with E-state index in [4.69, 9.17) is 0 Å². The van der Waals surface area contributed by atoms with Crippen LogP contribution >= 0.6 is 0 Å². The summed E-state index contributed by atoms with van der Waals surface area (Å²) >= 11 is 0. The Morgan fingerprint density at radius 3 is 2.33 bits per heavy atom. The normalized spacial score (nSPS) is 36.9. The van der Waals surface area contributed by atoms with Crippen LogP contribution < -0.4 is 0 Å². The Kier molecular flexibility index (Phi) is 15.5. The maximum Gasteiger partial charge on any atom is 4.00 e. The molecule has 0 aliphatic heterocycles. The molecule has 5 aliphatic rings. The number of hydrogen-bond acceptors (Lipinski definition) is 0. The average molecular weight is 642 g/mol. The van der Waals surface area contributed by atoms with Crippen LogP contribution in [0.15, 0.2) is 30.3 Å². The van der Waals surface area contributed by atoms with Gasteiger partial charge in [0.25, 0.3) is 0 Å². The second kappa shape index (κ2) is 16.2. The van der Waals surface area contributed by atoms with Crippen LogP contribution in [0.2, 0.25) is 24.2 Å². The smallest absolute Gasteiger partial charge is 0.358 e. The van der Waals surface area contributed by atoms with E-state index in [1.807, 2.05) is 0 Å². The first-order chi connectivity index (χ1) is 16.7. The minimum absolute atomic E-state index is 0. The Labute approximate surface area is 268 Å². The molecule has 0 saturated heterocycles. The van der Waals surface area contributed by atoms with Gasteiger partial charge in [0.2, 0.25) is 0 Å². The van der Waals surface area contributed by atoms with Crippen LogP contribution in [-0.4, -0.2) is 16.6 Å². The van der Waals surface area contributed by atoms with Crippen molar-refractivity contribution in [2.45, 2.75) is 114 Å². The molecule has 0 heterocycles. The Morgan fingerprint density at radius 2 is 1.56 bits per heavy atom. The minimum Gasteiger partial charge on any atom is -0.358 e. The van der Waals surface area contributed by atoms with E-state index in [0.29, 0.717) is 0 Å². The van der Waals surface area contributed by atoms with Crippen LogP contribution in [0.5, 0.6) is 0 Å². The summed E-state index contributed by atoms with van der Waals surface area (Å²) in [6.07, 6.45) is 23.8. The number of rotatable bonds is 7. The van der Waals surface area contributed by atoms with E-state index in [9.17, 15) is 0 Å². The average Bonchev–Trinajstić information content (AvgIpc) is 3.66. The predicted octanol–water partition coefficient (Wildman–Crippen LogP) is 10.6. The number of hydrogen-bond donors (Lipinski definition) is 0. The van der Waals surface area contributed by atoms with Crippen LogP contribution in [0.4, 0.5) is 0 Å². The van der Waals surface area contributed by atoms with Crippen molar-refractivity contribution in [3.05, 3.63) is 71.2 Å². The van der Waals surface area contributed by atoms with Crippen LogP contribution in [-0.2, 0) is 26.2 Å². The molecule has 11 unspecified atom stereocenters. The molecule has 0 aromatic heterocycles. The molecule has 39 heavy (non-hydrogen) atoms. The number of allylic oxidation sites excluding steroid dienone is 1. The molecular formula is C36H62Si2Zr. The molecule has 4 saturated carbocycles. The Hall–Kier alpha value is 0.277. The fourth-order valence-electron chi connectivity index (χ4n) is 10.5. The molecular weight excluding hydrogens is 580 g/mol. The van der Waals surface area contributed by atoms with Crippen molar-refractivity contribution < 1.29 is 26.2 Å². The van der Waals surface area contributed by atoms with Crippen molar-refractivity contribution >= 4 is 22.7 Å². The van der Waals surface area contributed by atoms with Gasteiger partial charge in [-0.3, -0.25) is 0 Å². The third kappa shape index (κ3) is 7.09. The second-order valence-corrected chi connectivity index (χ2v) is 25.1. The second-order valence-electron chi connectivity index (χ2n) is 13.6. The molecule has 3 heteroatoms. The van der Waals surface area contributed by atoms with Gasteiger partial charge in [0.15, 0.2) is 0 Å². The molecule has 218 valence electrons. The maximum atomic E-state index is 2.89. The molecule has 0 amide bonds. The van der Waals surface area contributed by atoms with Gasteiger partial charge in [-0.1, -0.05) is 120 Å². The zero-order valence-electron chi connectivity index (χ0n) is 26.8. The van der Waals surface area contributed by atoms with Crippen molar-refractivity contribution in [3.63, 3.8) is 0 Å². The monoisotopic (exact) mass is 640 g/mol. The van der Waals surface area contributed by atoms with Crippen LogP contribution in [0.25, 0.3) is 6.08 Å². The van der Waals surface area contributed by atoms with Gasteiger partial charge in [-0.15, -0.1) is 0 Å². The molecule has 0 nitrogen and oxygen atoms in total. The van der Waals surface area contributed by atoms with Crippen molar-refractivity contribution in [3.8, 4) is 0 Å². The number of fused-ring (bicyclic) bond motifs is 3. The summed E-state index contributed by atoms with van der Waals surface area (Å²) < 4.78 is 0. The van der Waals surface area contributed by atoms with E-state index in [1.54, 1.807) is 56.9 Å². The van der Waals surface area contributed by atoms with Crippen LogP contribution in [0, 0.1) is 65.2 Å². The SMILES string of the molecule is CCCCC1CCC([SiH](C)[SiH](C)C2CCC3C2CC2CCCC2C3C2C=Cc3ccccc32)C1.[CH3-].[CH3-].[CH3-].[CH3-].[Zr+4]. The summed E-state index contributed by atoms with van der Waals surface area (Å²) in [4.78, 5) is 0. The van der Waals surface area contributed by atoms with Gasteiger partial charge in [0, 0.05) is 22.5 Å². The third-order valence-electron chi connectivity index (χ3n) is 12.3. The van der Waals surface area contributed by atoms with E-state index >= 15 is 0 Å². The first-order valence-electron chi connectivity index (χ1n) is 15.4. The van der Waals surface area contributed by atoms with Gasteiger partial charge >= 0.3 is 26.2 Å². The molecule has 0 radical (unpaired) electrons. The van der Waals surface area contributed by atoms with E-state index in [1.165, 1.54) is 42.3 Å². The van der Waals surface area contributed by atoms with Gasteiger partial charge in [0.1, 0.15) is 0 Å². The van der Waals surface area contributed by atoms with Gasteiger partial charge in [0.05, 0.1) is 0 Å². The Bertz CT molecular complexity index is 883. The standard InChI is InChI=1S/C32H50Si2.4CH3.Zr/c1-4-5-9-22-14-16-25(20-22)33(2)34(3)31-19-18-29-30(31)21-24-11-8-13-27(24)32(29)28-17-15-23-10-6-7-12-26(23)28;;;;;/h6-7,10,12,15,17,22,24-25,27-34H,4-5,8-9,11,13-14,16,18-21H2,1-3H3;4*1H3;/q;4*-1;+4. The molecule has 11 atom stereocenters. The van der Waals surface area contributed by atoms with E-state index in [0.717, 1.165) is 41.4 Å². The largest absolute Gasteiger partial charge is 4.00 e. The van der Waals surface area contributed by atoms with Gasteiger partial charge in [-0.05, 0) is 71.4 Å². The molecule has 4 fully saturated rings. The first kappa shape index (κ1) is 37.3. The zero-order chi connectivity index (χ0) is 23.2. The zero-order valence-corrected chi connectivity index (χ0v) is 31.6. The summed E-state index contributed by atoms with van der Waals surface area (Å²) in [5, 5.41) is 0. The van der Waals surface area contributed by atoms with Crippen molar-refractivity contribution in [1.29, 1.82) is 0 Å². The molecule has 0 spiro atoms. The Morgan fingerprint density at radius 1 is 0.795 bits per heavy atom. The fourth-order valence-corrected chi connectivity index (χ4v) is 23.0. The summed E-state index contributed by atoms with van der Waals surface area (Å²) in [5.41, 5.74) is 5.62. The van der Waals surface area contributed by atoms with Crippen molar-refractivity contribution in [2.75, 3.05) is 0 Å². The molecule has 0 N–H and O–H groups in total. The number of unbranched alkanes of at least 4 members (excludes halogenated alkanes) is 1. The van der Waals surface area contributed by atoms with E-state index in [-0.39, 0.29) is 55.9 Å². The molecule has 0 bridgehead atoms. The van der Waals surface area contributed by atoms with Gasteiger partial charge in [-0.2, -0.15) is 0 Å². The minimum atomic E-state index is -0.596. The van der Waals surface area contributed by atoms with Crippen LogP contribution in [0.3, 0.4) is 0 Å². The third-order valence-corrected chi connectivity index (χ3v) is 26.3. The van der Waals surface area contributed by atoms with Crippen LogP contribution in [0.1, 0.15) is 101 Å². The summed E-state index contributed by atoms with van der Waals surface area (Å²) in [5.74, 6) is 7.04. The van der Waals surface area contributed by atoms with Gasteiger partial charge < -0.3 is 29.7 Å². The van der Waals surface area contributed by atoms with E-state index < -0.39 is 16.6 Å². The summed E-state index contributed by atoms with van der Waals surface area (Å²) in [7, 11) is -1.14. The summed E-state index contributed by atoms with van der Waals surface area (Å²) in [6, 6.07) is 9.39. The maximum absolute atomic E-state index is 2.89. The number of benzene rings is 1. The quantitative estimate of drug-likeness (QED) is 0.205. The first-order valence-corrected chi connectivity index (χ1v) is 21.7. The van der Waals surface area contributed by atoms with E-state index in [2.05, 4.69) is 56.4 Å². The molecule has 6 rings (SSSR count). The molecule has 5 aliphatic carbocycles. The van der Waals surface area contributed by atoms with Gasteiger partial charge in [-0.25, -0.2) is 0 Å². The summed E-state index contributed by atoms with van der Waals surface area (Å²) in [6.45, 7) is 8.14.